The van der Waals surface area contributed by atoms with Crippen LogP contribution in [0.3, 0.4) is 0 Å². The van der Waals surface area contributed by atoms with Crippen LogP contribution in [-0.2, 0) is 12.8 Å². The number of aryl methyl sites for hydroxylation is 3. The number of nitrogens with zero attached hydrogens (tertiary/aromatic N) is 2. The van der Waals surface area contributed by atoms with Crippen LogP contribution in [0.25, 0.3) is 27.5 Å². The molecule has 3 nitrogen and oxygen atoms in total. The van der Waals surface area contributed by atoms with Gasteiger partial charge in [0.2, 0.25) is 0 Å². The topological polar surface area (TPSA) is 34.4 Å². The minimum atomic E-state index is 0.637. The predicted molar refractivity (Wildman–Crippen MR) is 111 cm³/mol. The van der Waals surface area contributed by atoms with Crippen molar-refractivity contribution < 1.29 is 4.79 Å². The summed E-state index contributed by atoms with van der Waals surface area (Å²) in [5.74, 6) is 0. The summed E-state index contributed by atoms with van der Waals surface area (Å²) < 4.78 is 2.00. The summed E-state index contributed by atoms with van der Waals surface area (Å²) in [6, 6.07) is 15.0. The number of hydrogen-bond donors (Lipinski definition) is 0. The molecule has 2 aromatic carbocycles. The maximum Gasteiger partial charge on any atom is 0.195 e. The molecule has 27 heavy (non-hydrogen) atoms. The van der Waals surface area contributed by atoms with Gasteiger partial charge in [0.15, 0.2) is 11.2 Å². The number of carbonyl (C=O) groups is 1. The molecule has 0 amide bonds. The molecular formula is C23H20N2OS. The van der Waals surface area contributed by atoms with E-state index in [4.69, 9.17) is 4.98 Å². The highest BCUT2D eigenvalue weighted by Crippen LogP contribution is 2.34. The highest BCUT2D eigenvalue weighted by atomic mass is 32.1. The van der Waals surface area contributed by atoms with Crippen molar-refractivity contribution in [2.75, 3.05) is 0 Å². The summed E-state index contributed by atoms with van der Waals surface area (Å²) in [7, 11) is 0. The Balaban J connectivity index is 1.68. The van der Waals surface area contributed by atoms with E-state index in [0.717, 1.165) is 46.6 Å². The van der Waals surface area contributed by atoms with E-state index in [9.17, 15) is 4.79 Å². The van der Waals surface area contributed by atoms with Crippen LogP contribution in [-0.4, -0.2) is 15.7 Å². The zero-order valence-corrected chi connectivity index (χ0v) is 16.1. The third-order valence-corrected chi connectivity index (χ3v) is 6.31. The Morgan fingerprint density at radius 1 is 1.00 bits per heavy atom. The van der Waals surface area contributed by atoms with Crippen molar-refractivity contribution >= 4 is 22.6 Å². The van der Waals surface area contributed by atoms with Crippen LogP contribution in [0.1, 0.15) is 40.0 Å². The average molecular weight is 372 g/mol. The average Bonchev–Trinajstić information content (AvgIpc) is 3.27. The zero-order chi connectivity index (χ0) is 18.4. The molecule has 0 saturated heterocycles. The van der Waals surface area contributed by atoms with Gasteiger partial charge in [-0.15, -0.1) is 11.3 Å². The monoisotopic (exact) mass is 372 g/mol. The molecule has 0 spiro atoms. The first-order chi connectivity index (χ1) is 13.2. The minimum Gasteiger partial charge on any atom is -0.296 e. The molecule has 0 atom stereocenters. The molecule has 4 aromatic rings. The van der Waals surface area contributed by atoms with Crippen LogP contribution in [0, 0.1) is 6.92 Å². The van der Waals surface area contributed by atoms with Gasteiger partial charge in [-0.1, -0.05) is 42.0 Å². The van der Waals surface area contributed by atoms with Gasteiger partial charge in [0, 0.05) is 10.9 Å². The lowest BCUT2D eigenvalue weighted by Crippen LogP contribution is -2.02. The fraction of sp³-hybridized carbons (Fsp3) is 0.217. The molecule has 134 valence electrons. The van der Waals surface area contributed by atoms with Crippen LogP contribution in [0.15, 0.2) is 47.8 Å². The van der Waals surface area contributed by atoms with Crippen molar-refractivity contribution in [3.8, 4) is 22.5 Å². The van der Waals surface area contributed by atoms with Gasteiger partial charge in [0.25, 0.3) is 0 Å². The van der Waals surface area contributed by atoms with Crippen molar-refractivity contribution in [2.24, 2.45) is 0 Å². The van der Waals surface area contributed by atoms with Crippen LogP contribution < -0.4 is 0 Å². The molecule has 1 aliphatic rings. The second-order valence-corrected chi connectivity index (χ2v) is 8.10. The Morgan fingerprint density at radius 2 is 1.74 bits per heavy atom. The first kappa shape index (κ1) is 16.5. The fourth-order valence-electron chi connectivity index (χ4n) is 4.01. The second kappa shape index (κ2) is 6.46. The normalized spacial score (nSPS) is 13.7. The number of imidazole rings is 1. The molecular weight excluding hydrogens is 352 g/mol. The van der Waals surface area contributed by atoms with Crippen molar-refractivity contribution in [3.63, 3.8) is 0 Å². The van der Waals surface area contributed by atoms with Crippen LogP contribution in [0.2, 0.25) is 0 Å². The first-order valence-electron chi connectivity index (χ1n) is 9.39. The fourth-order valence-corrected chi connectivity index (χ4v) is 4.91. The van der Waals surface area contributed by atoms with Gasteiger partial charge >= 0.3 is 0 Å². The summed E-state index contributed by atoms with van der Waals surface area (Å²) in [4.78, 5) is 17.7. The molecule has 4 heteroatoms. The first-order valence-corrected chi connectivity index (χ1v) is 10.3. The standard InChI is InChI=1S/C23H20N2OS/c1-15-6-8-17(9-7-15)21-14-27-23-24-22(20(13-26)25(21)23)19-11-10-16-4-2-3-5-18(16)12-19/h6-14H,2-5H2,1H3. The van der Waals surface area contributed by atoms with E-state index in [0.29, 0.717) is 5.69 Å². The lowest BCUT2D eigenvalue weighted by atomic mass is 9.90. The molecule has 0 aliphatic heterocycles. The Hall–Kier alpha value is -2.72. The molecule has 0 saturated carbocycles. The molecule has 2 aromatic heterocycles. The smallest absolute Gasteiger partial charge is 0.195 e. The largest absolute Gasteiger partial charge is 0.296 e. The van der Waals surface area contributed by atoms with Gasteiger partial charge in [-0.25, -0.2) is 4.98 Å². The lowest BCUT2D eigenvalue weighted by Gasteiger charge is -2.16. The third-order valence-electron chi connectivity index (χ3n) is 5.48. The van der Waals surface area contributed by atoms with Crippen LogP contribution in [0.5, 0.6) is 0 Å². The van der Waals surface area contributed by atoms with E-state index < -0.39 is 0 Å². The Kier molecular flexibility index (Phi) is 3.94. The van der Waals surface area contributed by atoms with Crippen molar-refractivity contribution in [1.82, 2.24) is 9.38 Å². The van der Waals surface area contributed by atoms with Crippen molar-refractivity contribution in [2.45, 2.75) is 32.6 Å². The molecule has 1 aliphatic carbocycles. The maximum absolute atomic E-state index is 12.0. The number of carbonyl (C=O) groups excluding carboxylic acids is 1. The van der Waals surface area contributed by atoms with E-state index in [-0.39, 0.29) is 0 Å². The number of thiazole rings is 1. The van der Waals surface area contributed by atoms with Crippen LogP contribution >= 0.6 is 11.3 Å². The van der Waals surface area contributed by atoms with E-state index in [1.54, 1.807) is 11.3 Å². The highest BCUT2D eigenvalue weighted by Gasteiger charge is 2.20. The second-order valence-electron chi connectivity index (χ2n) is 7.26. The summed E-state index contributed by atoms with van der Waals surface area (Å²) in [6.45, 7) is 2.08. The number of rotatable bonds is 3. The van der Waals surface area contributed by atoms with Crippen molar-refractivity contribution in [3.05, 3.63) is 70.2 Å². The van der Waals surface area contributed by atoms with E-state index in [1.807, 2.05) is 4.40 Å². The molecule has 5 rings (SSSR count). The highest BCUT2D eigenvalue weighted by molar-refractivity contribution is 7.15. The number of benzene rings is 2. The van der Waals surface area contributed by atoms with Gasteiger partial charge in [-0.05, 0) is 55.4 Å². The SMILES string of the molecule is Cc1ccc(-c2csc3nc(-c4ccc5c(c4)CCCC5)c(C=O)n23)cc1. The third kappa shape index (κ3) is 2.72. The Bertz CT molecular complexity index is 1150. The number of fused-ring (bicyclic) bond motifs is 2. The molecule has 0 N–H and O–H groups in total. The summed E-state index contributed by atoms with van der Waals surface area (Å²) in [6.07, 6.45) is 5.74. The summed E-state index contributed by atoms with van der Waals surface area (Å²) >= 11 is 1.58. The Morgan fingerprint density at radius 3 is 2.52 bits per heavy atom. The zero-order valence-electron chi connectivity index (χ0n) is 15.2. The molecule has 0 fully saturated rings. The number of aldehydes is 1. The molecule has 0 bridgehead atoms. The molecule has 0 unspecified atom stereocenters. The summed E-state index contributed by atoms with van der Waals surface area (Å²) in [5.41, 5.74) is 8.67. The van der Waals surface area contributed by atoms with Gasteiger partial charge in [0.05, 0.1) is 5.69 Å². The van der Waals surface area contributed by atoms with Gasteiger partial charge in [-0.2, -0.15) is 0 Å². The quantitative estimate of drug-likeness (QED) is 0.430. The van der Waals surface area contributed by atoms with Gasteiger partial charge in [-0.3, -0.25) is 9.20 Å². The number of hydrogen-bond acceptors (Lipinski definition) is 3. The molecule has 0 radical (unpaired) electrons. The maximum atomic E-state index is 12.0. The predicted octanol–water partition coefficient (Wildman–Crippen LogP) is 5.73. The number of aromatic nitrogens is 2. The van der Waals surface area contributed by atoms with Gasteiger partial charge in [0.1, 0.15) is 11.4 Å². The Labute approximate surface area is 162 Å². The summed E-state index contributed by atoms with van der Waals surface area (Å²) in [5, 5.41) is 2.08. The van der Waals surface area contributed by atoms with E-state index >= 15 is 0 Å². The van der Waals surface area contributed by atoms with Crippen molar-refractivity contribution in [1.29, 1.82) is 0 Å². The van der Waals surface area contributed by atoms with E-state index in [1.165, 1.54) is 29.5 Å². The minimum absolute atomic E-state index is 0.637. The van der Waals surface area contributed by atoms with E-state index in [2.05, 4.69) is 54.8 Å². The molecule has 2 heterocycles. The van der Waals surface area contributed by atoms with Gasteiger partial charge < -0.3 is 0 Å². The lowest BCUT2D eigenvalue weighted by molar-refractivity contribution is 0.111. The van der Waals surface area contributed by atoms with Crippen LogP contribution in [0.4, 0.5) is 0 Å².